The standard InChI is InChI=1S/HNO2.H2O4S/c2-1-3;1-5(2,3)4/h(H,2,3);(H2,1,2,3,4)/p-3. The van der Waals surface area contributed by atoms with Crippen LogP contribution in [0.25, 0.3) is 0 Å². The second kappa shape index (κ2) is 4.43. The molecule has 0 aliphatic heterocycles. The van der Waals surface area contributed by atoms with Crippen molar-refractivity contribution in [2.45, 2.75) is 0 Å². The van der Waals surface area contributed by atoms with Crippen LogP contribution < -0.4 is 0 Å². The number of nitrogens with zero attached hydrogens (tertiary/aromatic N) is 1. The van der Waals surface area contributed by atoms with Crippen LogP contribution in [0.3, 0.4) is 0 Å². The first kappa shape index (κ1) is 10.3. The van der Waals surface area contributed by atoms with Crippen molar-refractivity contribution in [2.24, 2.45) is 5.34 Å². The fourth-order valence-electron chi connectivity index (χ4n) is 0. The predicted molar refractivity (Wildman–Crippen MR) is 19.6 cm³/mol. The Kier molecular flexibility index (Phi) is 5.70. The molecule has 0 aromatic carbocycles. The first-order valence-corrected chi connectivity index (χ1v) is 2.37. The van der Waals surface area contributed by atoms with Gasteiger partial charge in [-0.25, -0.2) is 0 Å². The van der Waals surface area contributed by atoms with Crippen molar-refractivity contribution >= 4 is 10.4 Å². The van der Waals surface area contributed by atoms with Gasteiger partial charge in [0.2, 0.25) is 0 Å². The maximum absolute atomic E-state index is 8.52. The second-order valence-electron chi connectivity index (χ2n) is 0.483. The molecule has 8 heavy (non-hydrogen) atoms. The molecule has 0 radical (unpaired) electrons. The fraction of sp³-hybridized carbons (Fsp3) is 0. The van der Waals surface area contributed by atoms with Crippen LogP contribution in [-0.4, -0.2) is 17.5 Å². The molecule has 0 heterocycles. The third-order valence-corrected chi connectivity index (χ3v) is 0. The van der Waals surface area contributed by atoms with Gasteiger partial charge in [-0.15, -0.1) is 5.34 Å². The molecule has 50 valence electrons. The number of hydrogen-bond acceptors (Lipinski definition) is 7. The lowest BCUT2D eigenvalue weighted by atomic mass is 13.4. The average molecular weight is 142 g/mol. The Balaban J connectivity index is 0. The highest BCUT2D eigenvalue weighted by atomic mass is 32.3. The largest absolute Gasteiger partial charge is 0.759 e. The molecule has 7 nitrogen and oxygen atoms in total. The molecule has 0 saturated carbocycles. The Bertz CT molecular complexity index is 123. The van der Waals surface area contributed by atoms with Crippen molar-refractivity contribution in [1.82, 2.24) is 0 Å². The van der Waals surface area contributed by atoms with Crippen LogP contribution in [0.5, 0.6) is 0 Å². The molecule has 0 unspecified atom stereocenters. The van der Waals surface area contributed by atoms with Gasteiger partial charge in [0.15, 0.2) is 0 Å². The highest BCUT2D eigenvalue weighted by Gasteiger charge is 1.49. The molecule has 0 bridgehead atoms. The quantitative estimate of drug-likeness (QED) is 0.182. The van der Waals surface area contributed by atoms with E-state index >= 15 is 0 Å². The molecule has 0 aromatic heterocycles. The van der Waals surface area contributed by atoms with E-state index in [0.29, 0.717) is 0 Å². The smallest absolute Gasteiger partial charge is 0.0311 e. The Morgan fingerprint density at radius 2 is 1.25 bits per heavy atom. The van der Waals surface area contributed by atoms with Gasteiger partial charge >= 0.3 is 0 Å². The molecule has 0 atom stereocenters. The van der Waals surface area contributed by atoms with Gasteiger partial charge in [-0.1, -0.05) is 0 Å². The van der Waals surface area contributed by atoms with E-state index in [0.717, 1.165) is 5.34 Å². The Hall–Kier alpha value is -0.730. The number of hydrogen-bond donors (Lipinski definition) is 0. The lowest BCUT2D eigenvalue weighted by molar-refractivity contribution is 0.352. The lowest BCUT2D eigenvalue weighted by Gasteiger charge is -2.06. The monoisotopic (exact) mass is 142 g/mol. The maximum Gasteiger partial charge on any atom is 0.0311 e. The van der Waals surface area contributed by atoms with Crippen LogP contribution in [0, 0.1) is 10.1 Å². The van der Waals surface area contributed by atoms with Gasteiger partial charge in [0.1, 0.15) is 0 Å². The molecule has 0 N–H and O–H groups in total. The molecule has 0 amide bonds. The van der Waals surface area contributed by atoms with E-state index in [1.165, 1.54) is 0 Å². The Morgan fingerprint density at radius 1 is 1.25 bits per heavy atom. The minimum Gasteiger partial charge on any atom is -0.759 e. The predicted octanol–water partition coefficient (Wildman–Crippen LogP) is -1.09. The van der Waals surface area contributed by atoms with Crippen LogP contribution in [0.1, 0.15) is 0 Å². The first-order chi connectivity index (χ1) is 3.41. The van der Waals surface area contributed by atoms with Gasteiger partial charge in [0.25, 0.3) is 0 Å². The summed E-state index contributed by atoms with van der Waals surface area (Å²) in [7, 11) is -5.17. The van der Waals surface area contributed by atoms with Gasteiger partial charge in [-0.2, -0.15) is 0 Å². The molecule has 8 heteroatoms. The second-order valence-corrected chi connectivity index (χ2v) is 1.30. The summed E-state index contributed by atoms with van der Waals surface area (Å²) < 4.78 is 34.1. The summed E-state index contributed by atoms with van der Waals surface area (Å²) in [5.41, 5.74) is 0. The van der Waals surface area contributed by atoms with Gasteiger partial charge in [-0.05, 0) is 0 Å². The van der Waals surface area contributed by atoms with Gasteiger partial charge in [0, 0.05) is 10.4 Å². The molecule has 0 rings (SSSR count). The van der Waals surface area contributed by atoms with Crippen molar-refractivity contribution < 1.29 is 17.5 Å². The minimum absolute atomic E-state index is 1.00. The summed E-state index contributed by atoms with van der Waals surface area (Å²) >= 11 is 0. The average Bonchev–Trinajstić information content (AvgIpc) is 1.27. The zero-order valence-electron chi connectivity index (χ0n) is 3.30. The van der Waals surface area contributed by atoms with Crippen molar-refractivity contribution in [3.8, 4) is 0 Å². The number of rotatable bonds is 0. The molecule has 0 fully saturated rings. The highest BCUT2D eigenvalue weighted by molar-refractivity contribution is 7.79. The van der Waals surface area contributed by atoms with Crippen molar-refractivity contribution in [2.75, 3.05) is 0 Å². The van der Waals surface area contributed by atoms with Crippen LogP contribution in [0.2, 0.25) is 0 Å². The topological polar surface area (TPSA) is 133 Å². The SMILES string of the molecule is O=N[O-].O=S(=O)([O-])[O-]. The minimum atomic E-state index is -5.17. The van der Waals surface area contributed by atoms with E-state index in [-0.39, 0.29) is 0 Å². The van der Waals surface area contributed by atoms with Crippen molar-refractivity contribution in [3.05, 3.63) is 10.1 Å². The van der Waals surface area contributed by atoms with E-state index in [1.54, 1.807) is 0 Å². The fourth-order valence-corrected chi connectivity index (χ4v) is 0. The van der Waals surface area contributed by atoms with Crippen LogP contribution in [0.15, 0.2) is 5.34 Å². The zero-order chi connectivity index (χ0) is 7.21. The summed E-state index contributed by atoms with van der Waals surface area (Å²) in [6.45, 7) is 0. The van der Waals surface area contributed by atoms with Crippen molar-refractivity contribution in [3.63, 3.8) is 0 Å². The Morgan fingerprint density at radius 3 is 1.25 bits per heavy atom. The summed E-state index contributed by atoms with van der Waals surface area (Å²) in [4.78, 5) is 8.00. The van der Waals surface area contributed by atoms with Crippen LogP contribution in [0.4, 0.5) is 0 Å². The molecular formula is NO6S-3. The highest BCUT2D eigenvalue weighted by Crippen LogP contribution is 1.57. The normalized spacial score (nSPS) is 8.75. The maximum atomic E-state index is 8.52. The molecular weight excluding hydrogens is 142 g/mol. The van der Waals surface area contributed by atoms with Crippen LogP contribution in [-0.2, 0) is 10.4 Å². The lowest BCUT2D eigenvalue weighted by Crippen LogP contribution is -1.91. The third-order valence-electron chi connectivity index (χ3n) is 0. The van der Waals surface area contributed by atoms with Gasteiger partial charge < -0.3 is 19.2 Å². The van der Waals surface area contributed by atoms with Crippen LogP contribution >= 0.6 is 0 Å². The summed E-state index contributed by atoms with van der Waals surface area (Å²) in [5, 5.41) is 9.00. The van der Waals surface area contributed by atoms with E-state index in [9.17, 15) is 0 Å². The van der Waals surface area contributed by atoms with E-state index in [4.69, 9.17) is 27.6 Å². The third kappa shape index (κ3) is 180. The zero-order valence-corrected chi connectivity index (χ0v) is 4.12. The molecule has 0 aromatic rings. The summed E-state index contributed by atoms with van der Waals surface area (Å²) in [6, 6.07) is 0. The van der Waals surface area contributed by atoms with E-state index in [2.05, 4.69) is 0 Å². The van der Waals surface area contributed by atoms with E-state index < -0.39 is 10.4 Å². The molecule has 0 spiro atoms. The van der Waals surface area contributed by atoms with Gasteiger partial charge in [0.05, 0.1) is 0 Å². The van der Waals surface area contributed by atoms with E-state index in [1.807, 2.05) is 0 Å². The molecule has 0 saturated heterocycles. The summed E-state index contributed by atoms with van der Waals surface area (Å²) in [6.07, 6.45) is 0. The molecule has 0 aliphatic rings. The molecule has 0 aliphatic carbocycles. The van der Waals surface area contributed by atoms with Gasteiger partial charge in [-0.3, -0.25) is 8.42 Å². The van der Waals surface area contributed by atoms with Crippen molar-refractivity contribution in [1.29, 1.82) is 0 Å². The summed E-state index contributed by atoms with van der Waals surface area (Å²) in [5.74, 6) is 0. The Labute approximate surface area is 44.5 Å². The first-order valence-electron chi connectivity index (χ1n) is 1.03.